The lowest BCUT2D eigenvalue weighted by Gasteiger charge is -2.26. The van der Waals surface area contributed by atoms with Crippen molar-refractivity contribution in [2.45, 2.75) is 27.2 Å². The molecular formula is C19H26N4O2. The summed E-state index contributed by atoms with van der Waals surface area (Å²) in [6, 6.07) is 4.24. The lowest BCUT2D eigenvalue weighted by atomic mass is 10.1. The van der Waals surface area contributed by atoms with Crippen molar-refractivity contribution in [1.82, 2.24) is 20.5 Å². The molecule has 1 aliphatic heterocycles. The molecule has 2 amide bonds. The van der Waals surface area contributed by atoms with Gasteiger partial charge in [0.25, 0.3) is 5.91 Å². The van der Waals surface area contributed by atoms with Crippen LogP contribution in [0.25, 0.3) is 10.9 Å². The second-order valence-electron chi connectivity index (χ2n) is 6.86. The zero-order valence-corrected chi connectivity index (χ0v) is 15.2. The standard InChI is InChI=1S/C19H26N4O2/c1-12-9-13(2)17-15(10-12)14(3)18(22-17)19(25)21-5-4-7-23-8-6-20-16(24)11-23/h9-10,22H,4-8,11H2,1-3H3,(H,20,24)(H,21,25). The number of carbonyl (C=O) groups is 2. The van der Waals surface area contributed by atoms with Gasteiger partial charge in [-0.05, 0) is 44.4 Å². The number of piperazine rings is 1. The molecule has 0 saturated carbocycles. The van der Waals surface area contributed by atoms with Gasteiger partial charge in [0.2, 0.25) is 5.91 Å². The summed E-state index contributed by atoms with van der Waals surface area (Å²) >= 11 is 0. The van der Waals surface area contributed by atoms with Crippen molar-refractivity contribution in [2.75, 3.05) is 32.7 Å². The van der Waals surface area contributed by atoms with Gasteiger partial charge in [-0.1, -0.05) is 11.6 Å². The predicted octanol–water partition coefficient (Wildman–Crippen LogP) is 1.64. The van der Waals surface area contributed by atoms with Crippen molar-refractivity contribution in [3.63, 3.8) is 0 Å². The molecule has 0 unspecified atom stereocenters. The van der Waals surface area contributed by atoms with Gasteiger partial charge in [-0.3, -0.25) is 14.5 Å². The molecule has 2 aromatic rings. The molecule has 134 valence electrons. The summed E-state index contributed by atoms with van der Waals surface area (Å²) in [5.41, 5.74) is 5.02. The number of nitrogens with zero attached hydrogens (tertiary/aromatic N) is 1. The third-order valence-corrected chi connectivity index (χ3v) is 4.79. The molecule has 0 bridgehead atoms. The number of fused-ring (bicyclic) bond motifs is 1. The number of hydrogen-bond acceptors (Lipinski definition) is 3. The van der Waals surface area contributed by atoms with Gasteiger partial charge in [0.15, 0.2) is 0 Å². The van der Waals surface area contributed by atoms with E-state index in [-0.39, 0.29) is 11.8 Å². The van der Waals surface area contributed by atoms with Gasteiger partial charge in [0.05, 0.1) is 6.54 Å². The number of benzene rings is 1. The number of aromatic nitrogens is 1. The molecule has 0 aliphatic carbocycles. The third kappa shape index (κ3) is 3.85. The number of nitrogens with one attached hydrogen (secondary N) is 3. The number of hydrogen-bond donors (Lipinski definition) is 3. The molecule has 0 spiro atoms. The molecule has 1 saturated heterocycles. The second-order valence-corrected chi connectivity index (χ2v) is 6.86. The molecule has 0 atom stereocenters. The zero-order valence-electron chi connectivity index (χ0n) is 15.2. The van der Waals surface area contributed by atoms with Crippen LogP contribution in [0.3, 0.4) is 0 Å². The van der Waals surface area contributed by atoms with Crippen LogP contribution in [0.1, 0.15) is 33.6 Å². The number of amides is 2. The van der Waals surface area contributed by atoms with Crippen LogP contribution < -0.4 is 10.6 Å². The summed E-state index contributed by atoms with van der Waals surface area (Å²) in [6.07, 6.45) is 0.830. The highest BCUT2D eigenvalue weighted by Gasteiger charge is 2.17. The zero-order chi connectivity index (χ0) is 18.0. The first-order chi connectivity index (χ1) is 12.0. The van der Waals surface area contributed by atoms with Crippen molar-refractivity contribution in [3.8, 4) is 0 Å². The molecule has 2 heterocycles. The van der Waals surface area contributed by atoms with Crippen LogP contribution in [0.2, 0.25) is 0 Å². The Hall–Kier alpha value is -2.34. The Bertz CT molecular complexity index is 809. The van der Waals surface area contributed by atoms with Crippen molar-refractivity contribution in [1.29, 1.82) is 0 Å². The summed E-state index contributed by atoms with van der Waals surface area (Å²) in [6.45, 7) is 9.56. The van der Waals surface area contributed by atoms with Gasteiger partial charge in [0, 0.05) is 37.1 Å². The molecule has 0 radical (unpaired) electrons. The van der Waals surface area contributed by atoms with Gasteiger partial charge in [-0.2, -0.15) is 0 Å². The van der Waals surface area contributed by atoms with E-state index in [0.717, 1.165) is 41.5 Å². The maximum Gasteiger partial charge on any atom is 0.268 e. The first kappa shape index (κ1) is 17.5. The minimum atomic E-state index is -0.0675. The number of rotatable bonds is 5. The van der Waals surface area contributed by atoms with Crippen LogP contribution in [0.5, 0.6) is 0 Å². The largest absolute Gasteiger partial charge is 0.354 e. The lowest BCUT2D eigenvalue weighted by molar-refractivity contribution is -0.124. The van der Waals surface area contributed by atoms with Crippen molar-refractivity contribution in [2.24, 2.45) is 0 Å². The van der Waals surface area contributed by atoms with Crippen LogP contribution in [0.15, 0.2) is 12.1 Å². The summed E-state index contributed by atoms with van der Waals surface area (Å²) < 4.78 is 0. The number of carbonyl (C=O) groups excluding carboxylic acids is 2. The smallest absolute Gasteiger partial charge is 0.268 e. The minimum absolute atomic E-state index is 0.0675. The molecule has 1 aromatic heterocycles. The van der Waals surface area contributed by atoms with Crippen LogP contribution >= 0.6 is 0 Å². The molecule has 1 aromatic carbocycles. The molecule has 6 heteroatoms. The Morgan fingerprint density at radius 1 is 1.28 bits per heavy atom. The SMILES string of the molecule is Cc1cc(C)c2[nH]c(C(=O)NCCCN3CCNC(=O)C3)c(C)c2c1. The lowest BCUT2D eigenvalue weighted by Crippen LogP contribution is -2.48. The van der Waals surface area contributed by atoms with E-state index in [2.05, 4.69) is 46.5 Å². The van der Waals surface area contributed by atoms with E-state index in [1.54, 1.807) is 0 Å². The average Bonchev–Trinajstić information content (AvgIpc) is 2.89. The molecule has 6 nitrogen and oxygen atoms in total. The van der Waals surface area contributed by atoms with Crippen LogP contribution in [-0.2, 0) is 4.79 Å². The van der Waals surface area contributed by atoms with Crippen LogP contribution in [0.4, 0.5) is 0 Å². The van der Waals surface area contributed by atoms with Crippen molar-refractivity contribution >= 4 is 22.7 Å². The second kappa shape index (κ2) is 7.27. The fraction of sp³-hybridized carbons (Fsp3) is 0.474. The summed E-state index contributed by atoms with van der Waals surface area (Å²) in [5, 5.41) is 6.92. The van der Waals surface area contributed by atoms with Gasteiger partial charge >= 0.3 is 0 Å². The maximum absolute atomic E-state index is 12.5. The first-order valence-corrected chi connectivity index (χ1v) is 8.82. The summed E-state index contributed by atoms with van der Waals surface area (Å²) in [7, 11) is 0. The maximum atomic E-state index is 12.5. The van der Waals surface area contributed by atoms with E-state index in [0.29, 0.717) is 25.3 Å². The molecule has 25 heavy (non-hydrogen) atoms. The molecule has 3 N–H and O–H groups in total. The summed E-state index contributed by atoms with van der Waals surface area (Å²) in [4.78, 5) is 29.3. The Labute approximate surface area is 148 Å². The topological polar surface area (TPSA) is 77.2 Å². The van der Waals surface area contributed by atoms with Gasteiger partial charge in [-0.25, -0.2) is 0 Å². The van der Waals surface area contributed by atoms with Gasteiger partial charge in [-0.15, -0.1) is 0 Å². The fourth-order valence-corrected chi connectivity index (χ4v) is 3.49. The van der Waals surface area contributed by atoms with E-state index >= 15 is 0 Å². The van der Waals surface area contributed by atoms with E-state index in [4.69, 9.17) is 0 Å². The normalized spacial score (nSPS) is 15.4. The highest BCUT2D eigenvalue weighted by molar-refractivity contribution is 6.01. The average molecular weight is 342 g/mol. The van der Waals surface area contributed by atoms with Crippen LogP contribution in [-0.4, -0.2) is 54.4 Å². The number of aryl methyl sites for hydroxylation is 3. The molecule has 3 rings (SSSR count). The van der Waals surface area contributed by atoms with Crippen molar-refractivity contribution < 1.29 is 9.59 Å². The summed E-state index contributed by atoms with van der Waals surface area (Å²) in [5.74, 6) is 0.0109. The Kier molecular flexibility index (Phi) is 5.08. The third-order valence-electron chi connectivity index (χ3n) is 4.79. The van der Waals surface area contributed by atoms with E-state index < -0.39 is 0 Å². The highest BCUT2D eigenvalue weighted by Crippen LogP contribution is 2.25. The van der Waals surface area contributed by atoms with E-state index in [1.165, 1.54) is 5.56 Å². The Morgan fingerprint density at radius 2 is 2.08 bits per heavy atom. The quantitative estimate of drug-likeness (QED) is 0.723. The van der Waals surface area contributed by atoms with Crippen molar-refractivity contribution in [3.05, 3.63) is 34.5 Å². The van der Waals surface area contributed by atoms with Crippen LogP contribution in [0, 0.1) is 20.8 Å². The number of H-pyrrole nitrogens is 1. The van der Waals surface area contributed by atoms with Gasteiger partial charge in [0.1, 0.15) is 5.69 Å². The highest BCUT2D eigenvalue weighted by atomic mass is 16.2. The molecule has 1 fully saturated rings. The molecular weight excluding hydrogens is 316 g/mol. The fourth-order valence-electron chi connectivity index (χ4n) is 3.49. The Balaban J connectivity index is 1.58. The minimum Gasteiger partial charge on any atom is -0.354 e. The number of aromatic amines is 1. The molecule has 1 aliphatic rings. The van der Waals surface area contributed by atoms with Gasteiger partial charge < -0.3 is 15.6 Å². The van der Waals surface area contributed by atoms with E-state index in [1.807, 2.05) is 6.92 Å². The predicted molar refractivity (Wildman–Crippen MR) is 98.9 cm³/mol. The first-order valence-electron chi connectivity index (χ1n) is 8.82. The Morgan fingerprint density at radius 3 is 2.84 bits per heavy atom. The monoisotopic (exact) mass is 342 g/mol. The van der Waals surface area contributed by atoms with E-state index in [9.17, 15) is 9.59 Å².